The fourth-order valence-electron chi connectivity index (χ4n) is 2.48. The minimum absolute atomic E-state index is 0.215. The highest BCUT2D eigenvalue weighted by molar-refractivity contribution is 5.80. The van der Waals surface area contributed by atoms with E-state index in [1.54, 1.807) is 14.2 Å². The Balaban J connectivity index is 1.93. The Hall–Kier alpha value is -2.08. The number of ether oxygens (including phenoxy) is 1. The van der Waals surface area contributed by atoms with E-state index in [1.165, 1.54) is 0 Å². The van der Waals surface area contributed by atoms with Gasteiger partial charge in [0.25, 0.3) is 0 Å². The molecular formula is C16H25N5O. The second-order valence-electron chi connectivity index (χ2n) is 5.30. The molecule has 0 saturated heterocycles. The number of hydrogen-bond acceptors (Lipinski definition) is 3. The monoisotopic (exact) mass is 303 g/mol. The van der Waals surface area contributed by atoms with Gasteiger partial charge < -0.3 is 19.9 Å². The van der Waals surface area contributed by atoms with Crippen molar-refractivity contribution in [2.24, 2.45) is 4.99 Å². The van der Waals surface area contributed by atoms with Crippen molar-refractivity contribution in [3.05, 3.63) is 30.1 Å². The Labute approximate surface area is 131 Å². The molecule has 1 atom stereocenters. The van der Waals surface area contributed by atoms with Gasteiger partial charge in [0.15, 0.2) is 5.96 Å². The van der Waals surface area contributed by atoms with Crippen molar-refractivity contribution in [1.82, 2.24) is 20.2 Å². The number of rotatable bonds is 6. The van der Waals surface area contributed by atoms with Gasteiger partial charge in [-0.1, -0.05) is 12.1 Å². The molecule has 0 spiro atoms. The zero-order valence-corrected chi connectivity index (χ0v) is 13.8. The molecule has 0 amide bonds. The number of fused-ring (bicyclic) bond motifs is 1. The second kappa shape index (κ2) is 7.79. The summed E-state index contributed by atoms with van der Waals surface area (Å²) < 4.78 is 7.34. The second-order valence-corrected chi connectivity index (χ2v) is 5.30. The fraction of sp³-hybridized carbons (Fsp3) is 0.500. The Kier molecular flexibility index (Phi) is 5.77. The molecule has 2 rings (SSSR count). The molecule has 1 unspecified atom stereocenters. The summed E-state index contributed by atoms with van der Waals surface area (Å²) in [5.74, 6) is 1.81. The number of aryl methyl sites for hydroxylation is 1. The van der Waals surface area contributed by atoms with Gasteiger partial charge in [-0.15, -0.1) is 0 Å². The molecule has 0 aliphatic rings. The average Bonchev–Trinajstić information content (AvgIpc) is 2.82. The first-order valence-electron chi connectivity index (χ1n) is 7.53. The van der Waals surface area contributed by atoms with Crippen LogP contribution in [0, 0.1) is 6.92 Å². The van der Waals surface area contributed by atoms with Crippen LogP contribution in [0.25, 0.3) is 11.0 Å². The Morgan fingerprint density at radius 1 is 1.41 bits per heavy atom. The van der Waals surface area contributed by atoms with Crippen LogP contribution in [0.4, 0.5) is 0 Å². The normalized spacial score (nSPS) is 13.4. The topological polar surface area (TPSA) is 63.5 Å². The summed E-state index contributed by atoms with van der Waals surface area (Å²) >= 11 is 0. The van der Waals surface area contributed by atoms with Crippen molar-refractivity contribution in [2.75, 3.05) is 27.3 Å². The van der Waals surface area contributed by atoms with Crippen LogP contribution in [0.5, 0.6) is 0 Å². The van der Waals surface area contributed by atoms with E-state index in [-0.39, 0.29) is 6.04 Å². The zero-order valence-electron chi connectivity index (χ0n) is 13.8. The Bertz CT molecular complexity index is 634. The van der Waals surface area contributed by atoms with Crippen molar-refractivity contribution < 1.29 is 4.74 Å². The number of imidazole rings is 1. The molecule has 1 aromatic heterocycles. The summed E-state index contributed by atoms with van der Waals surface area (Å²) in [4.78, 5) is 8.80. The molecule has 2 N–H and O–H groups in total. The third kappa shape index (κ3) is 3.98. The van der Waals surface area contributed by atoms with E-state index in [0.717, 1.165) is 35.9 Å². The summed E-state index contributed by atoms with van der Waals surface area (Å²) in [6.07, 6.45) is 0. The Morgan fingerprint density at radius 2 is 2.18 bits per heavy atom. The van der Waals surface area contributed by atoms with E-state index < -0.39 is 0 Å². The van der Waals surface area contributed by atoms with Gasteiger partial charge in [-0.2, -0.15) is 0 Å². The molecule has 1 heterocycles. The number of methoxy groups -OCH3 is 1. The summed E-state index contributed by atoms with van der Waals surface area (Å²) in [5, 5.41) is 6.61. The number of hydrogen-bond donors (Lipinski definition) is 2. The molecule has 0 fully saturated rings. The number of guanidine groups is 1. The number of nitrogens with one attached hydrogen (secondary N) is 2. The molecule has 0 bridgehead atoms. The minimum atomic E-state index is 0.215. The standard InChI is InChI=1S/C16H25N5O/c1-12(11-22-4)19-16(17-3)18-9-10-21-13(2)20-14-7-5-6-8-15(14)21/h5-8,12H,9-11H2,1-4H3,(H2,17,18,19). The minimum Gasteiger partial charge on any atom is -0.383 e. The predicted molar refractivity (Wildman–Crippen MR) is 90.3 cm³/mol. The van der Waals surface area contributed by atoms with Gasteiger partial charge in [-0.25, -0.2) is 4.98 Å². The number of aromatic nitrogens is 2. The van der Waals surface area contributed by atoms with E-state index >= 15 is 0 Å². The summed E-state index contributed by atoms with van der Waals surface area (Å²) in [7, 11) is 3.47. The van der Waals surface area contributed by atoms with Crippen LogP contribution in [-0.4, -0.2) is 48.9 Å². The quantitative estimate of drug-likeness (QED) is 0.628. The van der Waals surface area contributed by atoms with Crippen LogP contribution in [0.2, 0.25) is 0 Å². The van der Waals surface area contributed by atoms with Crippen molar-refractivity contribution in [1.29, 1.82) is 0 Å². The number of aliphatic imine (C=N–C) groups is 1. The van der Waals surface area contributed by atoms with Crippen molar-refractivity contribution in [3.8, 4) is 0 Å². The maximum atomic E-state index is 5.12. The van der Waals surface area contributed by atoms with Crippen LogP contribution in [0.1, 0.15) is 12.7 Å². The van der Waals surface area contributed by atoms with Crippen LogP contribution < -0.4 is 10.6 Å². The average molecular weight is 303 g/mol. The first-order valence-corrected chi connectivity index (χ1v) is 7.53. The molecule has 0 aliphatic carbocycles. The fourth-order valence-corrected chi connectivity index (χ4v) is 2.48. The van der Waals surface area contributed by atoms with Gasteiger partial charge in [-0.3, -0.25) is 4.99 Å². The summed E-state index contributed by atoms with van der Waals surface area (Å²) in [5.41, 5.74) is 2.20. The van der Waals surface area contributed by atoms with Gasteiger partial charge in [0.2, 0.25) is 0 Å². The molecule has 6 nitrogen and oxygen atoms in total. The zero-order chi connectivity index (χ0) is 15.9. The highest BCUT2D eigenvalue weighted by Gasteiger charge is 2.07. The molecular weight excluding hydrogens is 278 g/mol. The lowest BCUT2D eigenvalue weighted by molar-refractivity contribution is 0.179. The van der Waals surface area contributed by atoms with Gasteiger partial charge in [0.05, 0.1) is 17.6 Å². The lowest BCUT2D eigenvalue weighted by Crippen LogP contribution is -2.44. The van der Waals surface area contributed by atoms with E-state index in [9.17, 15) is 0 Å². The molecule has 22 heavy (non-hydrogen) atoms. The van der Waals surface area contributed by atoms with Gasteiger partial charge in [-0.05, 0) is 26.0 Å². The number of benzene rings is 1. The highest BCUT2D eigenvalue weighted by atomic mass is 16.5. The Morgan fingerprint density at radius 3 is 2.91 bits per heavy atom. The van der Waals surface area contributed by atoms with E-state index in [2.05, 4.69) is 38.2 Å². The predicted octanol–water partition coefficient (Wildman–Crippen LogP) is 1.54. The van der Waals surface area contributed by atoms with E-state index in [0.29, 0.717) is 6.61 Å². The lowest BCUT2D eigenvalue weighted by Gasteiger charge is -2.17. The van der Waals surface area contributed by atoms with Crippen LogP contribution >= 0.6 is 0 Å². The maximum Gasteiger partial charge on any atom is 0.191 e. The molecule has 1 aromatic carbocycles. The van der Waals surface area contributed by atoms with Gasteiger partial charge in [0.1, 0.15) is 5.82 Å². The van der Waals surface area contributed by atoms with Crippen LogP contribution in [-0.2, 0) is 11.3 Å². The molecule has 0 saturated carbocycles. The van der Waals surface area contributed by atoms with Crippen molar-refractivity contribution in [3.63, 3.8) is 0 Å². The molecule has 120 valence electrons. The highest BCUT2D eigenvalue weighted by Crippen LogP contribution is 2.14. The van der Waals surface area contributed by atoms with E-state index in [1.807, 2.05) is 25.1 Å². The first-order chi connectivity index (χ1) is 10.7. The summed E-state index contributed by atoms with van der Waals surface area (Å²) in [6.45, 7) is 6.36. The van der Waals surface area contributed by atoms with Crippen LogP contribution in [0.15, 0.2) is 29.3 Å². The van der Waals surface area contributed by atoms with E-state index in [4.69, 9.17) is 4.74 Å². The molecule has 0 aliphatic heterocycles. The number of nitrogens with zero attached hydrogens (tertiary/aromatic N) is 3. The van der Waals surface area contributed by atoms with Crippen molar-refractivity contribution in [2.45, 2.75) is 26.4 Å². The SMILES string of the molecule is CN=C(NCCn1c(C)nc2ccccc21)NC(C)COC. The molecule has 2 aromatic rings. The molecule has 6 heteroatoms. The summed E-state index contributed by atoms with van der Waals surface area (Å²) in [6, 6.07) is 8.41. The third-order valence-corrected chi connectivity index (χ3v) is 3.50. The van der Waals surface area contributed by atoms with Gasteiger partial charge >= 0.3 is 0 Å². The first kappa shape index (κ1) is 16.3. The lowest BCUT2D eigenvalue weighted by atomic mass is 10.3. The van der Waals surface area contributed by atoms with Crippen LogP contribution in [0.3, 0.4) is 0 Å². The number of para-hydroxylation sites is 2. The van der Waals surface area contributed by atoms with Gasteiger partial charge in [0, 0.05) is 33.3 Å². The molecule has 0 radical (unpaired) electrons. The third-order valence-electron chi connectivity index (χ3n) is 3.50. The van der Waals surface area contributed by atoms with Crippen molar-refractivity contribution >= 4 is 17.0 Å². The maximum absolute atomic E-state index is 5.12. The smallest absolute Gasteiger partial charge is 0.191 e. The largest absolute Gasteiger partial charge is 0.383 e.